The number of aryl methyl sites for hydroxylation is 1. The first-order chi connectivity index (χ1) is 10.1. The summed E-state index contributed by atoms with van der Waals surface area (Å²) in [6.07, 6.45) is 0. The molecule has 3 rings (SSSR count). The van der Waals surface area contributed by atoms with Crippen molar-refractivity contribution in [2.45, 2.75) is 6.92 Å². The van der Waals surface area contributed by atoms with Gasteiger partial charge in [-0.3, -0.25) is 0 Å². The van der Waals surface area contributed by atoms with Gasteiger partial charge < -0.3 is 4.74 Å². The molecule has 0 bridgehead atoms. The molecule has 0 saturated heterocycles. The van der Waals surface area contributed by atoms with Gasteiger partial charge in [-0.05, 0) is 42.8 Å². The van der Waals surface area contributed by atoms with Crippen molar-refractivity contribution in [3.8, 4) is 17.7 Å². The predicted octanol–water partition coefficient (Wildman–Crippen LogP) is 4.46. The topological polar surface area (TPSA) is 58.8 Å². The second-order valence-corrected chi connectivity index (χ2v) is 5.81. The summed E-state index contributed by atoms with van der Waals surface area (Å²) < 4.78 is 19.4. The number of fused-ring (bicyclic) bond motifs is 1. The van der Waals surface area contributed by atoms with Crippen LogP contribution in [0.5, 0.6) is 11.6 Å². The molecule has 0 amide bonds. The maximum atomic E-state index is 13.9. The van der Waals surface area contributed by atoms with Gasteiger partial charge in [0.1, 0.15) is 4.83 Å². The fourth-order valence-corrected chi connectivity index (χ4v) is 2.91. The molecule has 2 heterocycles. The number of nitriles is 1. The van der Waals surface area contributed by atoms with E-state index in [-0.39, 0.29) is 22.5 Å². The second kappa shape index (κ2) is 5.28. The van der Waals surface area contributed by atoms with Crippen molar-refractivity contribution in [1.82, 2.24) is 9.97 Å². The van der Waals surface area contributed by atoms with E-state index in [1.165, 1.54) is 23.5 Å². The van der Waals surface area contributed by atoms with Crippen LogP contribution in [-0.2, 0) is 0 Å². The van der Waals surface area contributed by atoms with Crippen LogP contribution in [0.25, 0.3) is 10.2 Å². The number of rotatable bonds is 2. The molecule has 0 unspecified atom stereocenters. The molecule has 2 aromatic heterocycles. The van der Waals surface area contributed by atoms with Gasteiger partial charge in [-0.2, -0.15) is 10.2 Å². The van der Waals surface area contributed by atoms with Crippen LogP contribution in [0.15, 0.2) is 24.3 Å². The lowest BCUT2D eigenvalue weighted by molar-refractivity contribution is 0.431. The lowest BCUT2D eigenvalue weighted by Crippen LogP contribution is -1.94. The predicted molar refractivity (Wildman–Crippen MR) is 78.4 cm³/mol. The van der Waals surface area contributed by atoms with Crippen LogP contribution in [0, 0.1) is 24.1 Å². The van der Waals surface area contributed by atoms with Crippen LogP contribution in [0.3, 0.4) is 0 Å². The standard InChI is InChI=1S/C14H7ClFN3OS/c1-7-4-9-12(18-14(15)19-13(9)21-7)20-11-3-2-8(6-17)5-10(11)16/h2-5H,1H3. The molecule has 0 aliphatic heterocycles. The summed E-state index contributed by atoms with van der Waals surface area (Å²) >= 11 is 7.30. The lowest BCUT2D eigenvalue weighted by atomic mass is 10.2. The molecule has 0 spiro atoms. The number of ether oxygens (including phenoxy) is 1. The van der Waals surface area contributed by atoms with E-state index < -0.39 is 5.82 Å². The van der Waals surface area contributed by atoms with Crippen molar-refractivity contribution in [1.29, 1.82) is 5.26 Å². The van der Waals surface area contributed by atoms with Gasteiger partial charge in [0.2, 0.25) is 11.2 Å². The maximum Gasteiger partial charge on any atom is 0.232 e. The Kier molecular flexibility index (Phi) is 3.45. The molecule has 0 fully saturated rings. The number of aromatic nitrogens is 2. The number of halogens is 2. The third kappa shape index (κ3) is 2.66. The number of nitrogens with zero attached hydrogens (tertiary/aromatic N) is 3. The molecule has 3 aromatic rings. The smallest absolute Gasteiger partial charge is 0.232 e. The van der Waals surface area contributed by atoms with E-state index in [9.17, 15) is 4.39 Å². The highest BCUT2D eigenvalue weighted by Gasteiger charge is 2.14. The fraction of sp³-hybridized carbons (Fsp3) is 0.0714. The minimum Gasteiger partial charge on any atom is -0.435 e. The zero-order chi connectivity index (χ0) is 15.0. The summed E-state index contributed by atoms with van der Waals surface area (Å²) in [6.45, 7) is 1.92. The Morgan fingerprint density at radius 2 is 2.14 bits per heavy atom. The summed E-state index contributed by atoms with van der Waals surface area (Å²) in [6, 6.07) is 7.67. The van der Waals surface area contributed by atoms with Gasteiger partial charge in [-0.25, -0.2) is 9.37 Å². The van der Waals surface area contributed by atoms with Gasteiger partial charge in [-0.15, -0.1) is 11.3 Å². The molecule has 1 aromatic carbocycles. The number of hydrogen-bond acceptors (Lipinski definition) is 5. The van der Waals surface area contributed by atoms with Crippen LogP contribution >= 0.6 is 22.9 Å². The third-order valence-electron chi connectivity index (χ3n) is 2.72. The lowest BCUT2D eigenvalue weighted by Gasteiger charge is -2.07. The average Bonchev–Trinajstić information content (AvgIpc) is 2.81. The molecule has 4 nitrogen and oxygen atoms in total. The van der Waals surface area contributed by atoms with E-state index >= 15 is 0 Å². The Morgan fingerprint density at radius 3 is 2.86 bits per heavy atom. The van der Waals surface area contributed by atoms with Gasteiger partial charge in [0.15, 0.2) is 11.6 Å². The summed E-state index contributed by atoms with van der Waals surface area (Å²) in [4.78, 5) is 9.80. The number of hydrogen-bond donors (Lipinski definition) is 0. The first-order valence-corrected chi connectivity index (χ1v) is 7.07. The van der Waals surface area contributed by atoms with E-state index in [1.54, 1.807) is 0 Å². The first-order valence-electron chi connectivity index (χ1n) is 5.88. The van der Waals surface area contributed by atoms with Crippen LogP contribution in [0.4, 0.5) is 4.39 Å². The van der Waals surface area contributed by atoms with E-state index in [0.717, 1.165) is 10.9 Å². The van der Waals surface area contributed by atoms with Crippen LogP contribution < -0.4 is 4.74 Å². The minimum atomic E-state index is -0.635. The van der Waals surface area contributed by atoms with E-state index in [2.05, 4.69) is 9.97 Å². The Bertz CT molecular complexity index is 888. The Labute approximate surface area is 128 Å². The number of benzene rings is 1. The van der Waals surface area contributed by atoms with E-state index in [1.807, 2.05) is 19.1 Å². The zero-order valence-electron chi connectivity index (χ0n) is 10.7. The number of thiophene rings is 1. The molecule has 0 saturated carbocycles. The first kappa shape index (κ1) is 13.7. The molecule has 7 heteroatoms. The summed E-state index contributed by atoms with van der Waals surface area (Å²) in [7, 11) is 0. The van der Waals surface area contributed by atoms with Crippen molar-refractivity contribution >= 4 is 33.2 Å². The van der Waals surface area contributed by atoms with Gasteiger partial charge >= 0.3 is 0 Å². The minimum absolute atomic E-state index is 0.0195. The monoisotopic (exact) mass is 319 g/mol. The second-order valence-electron chi connectivity index (χ2n) is 4.23. The Hall–Kier alpha value is -2.23. The summed E-state index contributed by atoms with van der Waals surface area (Å²) in [5.74, 6) is -0.462. The summed E-state index contributed by atoms with van der Waals surface area (Å²) in [5, 5.41) is 9.44. The molecular weight excluding hydrogens is 313 g/mol. The highest BCUT2D eigenvalue weighted by Crippen LogP contribution is 2.34. The molecule has 104 valence electrons. The van der Waals surface area contributed by atoms with Crippen molar-refractivity contribution in [2.75, 3.05) is 0 Å². The van der Waals surface area contributed by atoms with Crippen LogP contribution in [0.1, 0.15) is 10.4 Å². The molecule has 0 aliphatic rings. The highest BCUT2D eigenvalue weighted by molar-refractivity contribution is 7.18. The van der Waals surface area contributed by atoms with Crippen molar-refractivity contribution < 1.29 is 9.13 Å². The van der Waals surface area contributed by atoms with Gasteiger partial charge in [0.25, 0.3) is 0 Å². The third-order valence-corrected chi connectivity index (χ3v) is 3.83. The zero-order valence-corrected chi connectivity index (χ0v) is 12.3. The maximum absolute atomic E-state index is 13.9. The van der Waals surface area contributed by atoms with Gasteiger partial charge in [0, 0.05) is 4.88 Å². The van der Waals surface area contributed by atoms with Crippen molar-refractivity contribution in [3.63, 3.8) is 0 Å². The van der Waals surface area contributed by atoms with Gasteiger partial charge in [0.05, 0.1) is 17.0 Å². The Balaban J connectivity index is 2.08. The largest absolute Gasteiger partial charge is 0.435 e. The molecule has 0 atom stereocenters. The van der Waals surface area contributed by atoms with E-state index in [0.29, 0.717) is 10.2 Å². The molecule has 0 radical (unpaired) electrons. The Morgan fingerprint density at radius 1 is 1.33 bits per heavy atom. The van der Waals surface area contributed by atoms with Crippen molar-refractivity contribution in [2.24, 2.45) is 0 Å². The van der Waals surface area contributed by atoms with Gasteiger partial charge in [-0.1, -0.05) is 0 Å². The quantitative estimate of drug-likeness (QED) is 0.654. The molecule has 0 N–H and O–H groups in total. The van der Waals surface area contributed by atoms with E-state index in [4.69, 9.17) is 21.6 Å². The normalized spacial score (nSPS) is 10.6. The molecular formula is C14H7ClFN3OS. The van der Waals surface area contributed by atoms with Crippen LogP contribution in [-0.4, -0.2) is 9.97 Å². The molecule has 0 aliphatic carbocycles. The average molecular weight is 320 g/mol. The molecule has 21 heavy (non-hydrogen) atoms. The van der Waals surface area contributed by atoms with Crippen molar-refractivity contribution in [3.05, 3.63) is 45.8 Å². The fourth-order valence-electron chi connectivity index (χ4n) is 1.83. The highest BCUT2D eigenvalue weighted by atomic mass is 35.5. The van der Waals surface area contributed by atoms with Crippen LogP contribution in [0.2, 0.25) is 5.28 Å². The summed E-state index contributed by atoms with van der Waals surface area (Å²) in [5.41, 5.74) is 0.220. The SMILES string of the molecule is Cc1cc2c(Oc3ccc(C#N)cc3F)nc(Cl)nc2s1.